The molecule has 1 fully saturated rings. The zero-order chi connectivity index (χ0) is 12.9. The van der Waals surface area contributed by atoms with Gasteiger partial charge in [0.2, 0.25) is 0 Å². The summed E-state index contributed by atoms with van der Waals surface area (Å²) in [6, 6.07) is 6.29. The highest BCUT2D eigenvalue weighted by molar-refractivity contribution is 5.95. The zero-order valence-corrected chi connectivity index (χ0v) is 10.7. The minimum Gasteiger partial charge on any atom is -0.481 e. The molecule has 3 rings (SSSR count). The summed E-state index contributed by atoms with van der Waals surface area (Å²) in [6.45, 7) is 4.09. The van der Waals surface area contributed by atoms with E-state index in [0.717, 1.165) is 41.4 Å². The number of hydrogen-bond donors (Lipinski definition) is 2. The van der Waals surface area contributed by atoms with Crippen molar-refractivity contribution in [2.24, 2.45) is 0 Å². The van der Waals surface area contributed by atoms with Gasteiger partial charge in [0, 0.05) is 16.6 Å². The van der Waals surface area contributed by atoms with Crippen LogP contribution < -0.4 is 0 Å². The standard InChI is InChI=1S/C15H17NO2/c1-3-10-4-5-12-11(8-10)13(9(2)16-12)15(6-7-15)14(17)18/h4-5,8,16H,3,6-7H2,1-2H3,(H,17,18). The fourth-order valence-electron chi connectivity index (χ4n) is 2.91. The summed E-state index contributed by atoms with van der Waals surface area (Å²) in [5, 5.41) is 10.6. The number of carboxylic acids is 1. The smallest absolute Gasteiger partial charge is 0.314 e. The van der Waals surface area contributed by atoms with Crippen LogP contribution in [0.3, 0.4) is 0 Å². The van der Waals surface area contributed by atoms with Gasteiger partial charge in [-0.15, -0.1) is 0 Å². The van der Waals surface area contributed by atoms with Gasteiger partial charge in [0.25, 0.3) is 0 Å². The molecule has 94 valence electrons. The Morgan fingerprint density at radius 2 is 2.17 bits per heavy atom. The first kappa shape index (κ1) is 11.3. The van der Waals surface area contributed by atoms with Crippen LogP contribution in [0, 0.1) is 6.92 Å². The van der Waals surface area contributed by atoms with Crippen LogP contribution in [0.5, 0.6) is 0 Å². The number of hydrogen-bond acceptors (Lipinski definition) is 1. The van der Waals surface area contributed by atoms with Gasteiger partial charge >= 0.3 is 5.97 Å². The van der Waals surface area contributed by atoms with E-state index in [9.17, 15) is 9.90 Å². The summed E-state index contributed by atoms with van der Waals surface area (Å²) in [4.78, 5) is 14.8. The summed E-state index contributed by atoms with van der Waals surface area (Å²) in [7, 11) is 0. The van der Waals surface area contributed by atoms with E-state index in [0.29, 0.717) is 0 Å². The van der Waals surface area contributed by atoms with Gasteiger partial charge in [0.1, 0.15) is 0 Å². The van der Waals surface area contributed by atoms with Crippen molar-refractivity contribution in [2.45, 2.75) is 38.5 Å². The second-order valence-electron chi connectivity index (χ2n) is 5.25. The van der Waals surface area contributed by atoms with Crippen molar-refractivity contribution in [1.82, 2.24) is 4.98 Å². The first-order valence-electron chi connectivity index (χ1n) is 6.43. The Balaban J connectivity index is 2.28. The second-order valence-corrected chi connectivity index (χ2v) is 5.25. The number of aromatic nitrogens is 1. The second kappa shape index (κ2) is 3.61. The highest BCUT2D eigenvalue weighted by Gasteiger charge is 2.53. The first-order chi connectivity index (χ1) is 8.58. The average molecular weight is 243 g/mol. The maximum atomic E-state index is 11.5. The molecule has 0 amide bonds. The van der Waals surface area contributed by atoms with Crippen LogP contribution in [-0.2, 0) is 16.6 Å². The molecule has 1 heterocycles. The fraction of sp³-hybridized carbons (Fsp3) is 0.400. The summed E-state index contributed by atoms with van der Waals surface area (Å²) in [6.07, 6.45) is 2.48. The molecular weight excluding hydrogens is 226 g/mol. The summed E-state index contributed by atoms with van der Waals surface area (Å²) >= 11 is 0. The van der Waals surface area contributed by atoms with E-state index in [-0.39, 0.29) is 0 Å². The van der Waals surface area contributed by atoms with Crippen LogP contribution >= 0.6 is 0 Å². The largest absolute Gasteiger partial charge is 0.481 e. The molecule has 1 saturated carbocycles. The van der Waals surface area contributed by atoms with E-state index < -0.39 is 11.4 Å². The van der Waals surface area contributed by atoms with E-state index in [1.165, 1.54) is 5.56 Å². The van der Waals surface area contributed by atoms with Gasteiger partial charge in [-0.25, -0.2) is 0 Å². The molecule has 0 saturated heterocycles. The van der Waals surface area contributed by atoms with Crippen LogP contribution in [0.25, 0.3) is 10.9 Å². The number of fused-ring (bicyclic) bond motifs is 1. The van der Waals surface area contributed by atoms with Gasteiger partial charge in [0.05, 0.1) is 5.41 Å². The van der Waals surface area contributed by atoms with Crippen LogP contribution in [0.2, 0.25) is 0 Å². The van der Waals surface area contributed by atoms with Crippen molar-refractivity contribution in [3.05, 3.63) is 35.0 Å². The van der Waals surface area contributed by atoms with E-state index in [4.69, 9.17) is 0 Å². The number of rotatable bonds is 3. The number of nitrogens with one attached hydrogen (secondary N) is 1. The summed E-state index contributed by atoms with van der Waals surface area (Å²) in [5.41, 5.74) is 3.67. The SMILES string of the molecule is CCc1ccc2[nH]c(C)c(C3(C(=O)O)CC3)c2c1. The van der Waals surface area contributed by atoms with Crippen LogP contribution in [0.15, 0.2) is 18.2 Å². The molecule has 0 aliphatic heterocycles. The Morgan fingerprint density at radius 3 is 2.72 bits per heavy atom. The highest BCUT2D eigenvalue weighted by atomic mass is 16.4. The lowest BCUT2D eigenvalue weighted by molar-refractivity contribution is -0.140. The Hall–Kier alpha value is -1.77. The van der Waals surface area contributed by atoms with E-state index in [2.05, 4.69) is 30.1 Å². The van der Waals surface area contributed by atoms with Crippen molar-refractivity contribution in [3.63, 3.8) is 0 Å². The maximum absolute atomic E-state index is 11.5. The van der Waals surface area contributed by atoms with Gasteiger partial charge in [-0.05, 0) is 49.4 Å². The van der Waals surface area contributed by atoms with Crippen molar-refractivity contribution in [3.8, 4) is 0 Å². The van der Waals surface area contributed by atoms with Crippen LogP contribution in [0.1, 0.15) is 36.6 Å². The molecule has 2 N–H and O–H groups in total. The number of H-pyrrole nitrogens is 1. The molecule has 1 aromatic heterocycles. The number of benzene rings is 1. The Morgan fingerprint density at radius 1 is 1.44 bits per heavy atom. The molecule has 0 atom stereocenters. The molecule has 1 aromatic carbocycles. The molecule has 3 nitrogen and oxygen atoms in total. The number of aryl methyl sites for hydroxylation is 2. The topological polar surface area (TPSA) is 53.1 Å². The van der Waals surface area contributed by atoms with Crippen molar-refractivity contribution in [1.29, 1.82) is 0 Å². The van der Waals surface area contributed by atoms with Crippen LogP contribution in [0.4, 0.5) is 0 Å². The first-order valence-corrected chi connectivity index (χ1v) is 6.43. The average Bonchev–Trinajstić information content (AvgIpc) is 3.07. The van der Waals surface area contributed by atoms with Gasteiger partial charge in [-0.2, -0.15) is 0 Å². The molecule has 18 heavy (non-hydrogen) atoms. The predicted molar refractivity (Wildman–Crippen MR) is 71.0 cm³/mol. The van der Waals surface area contributed by atoms with Gasteiger partial charge < -0.3 is 10.1 Å². The van der Waals surface area contributed by atoms with Crippen LogP contribution in [-0.4, -0.2) is 16.1 Å². The summed E-state index contributed by atoms with van der Waals surface area (Å²) in [5.74, 6) is -0.687. The van der Waals surface area contributed by atoms with E-state index in [1.807, 2.05) is 6.92 Å². The summed E-state index contributed by atoms with van der Waals surface area (Å²) < 4.78 is 0. The third-order valence-electron chi connectivity index (χ3n) is 4.10. The number of carboxylic acid groups (broad SMARTS) is 1. The lowest BCUT2D eigenvalue weighted by Gasteiger charge is -2.10. The Bertz CT molecular complexity index is 635. The van der Waals surface area contributed by atoms with Crippen molar-refractivity contribution >= 4 is 16.9 Å². The van der Waals surface area contributed by atoms with Crippen molar-refractivity contribution < 1.29 is 9.90 Å². The zero-order valence-electron chi connectivity index (χ0n) is 10.7. The molecule has 3 heteroatoms. The van der Waals surface area contributed by atoms with Gasteiger partial charge in [-0.3, -0.25) is 4.79 Å². The molecule has 0 bridgehead atoms. The minimum absolute atomic E-state index is 0.630. The normalized spacial score (nSPS) is 17.0. The molecular formula is C15H17NO2. The fourth-order valence-corrected chi connectivity index (χ4v) is 2.91. The third-order valence-corrected chi connectivity index (χ3v) is 4.10. The van der Waals surface area contributed by atoms with E-state index in [1.54, 1.807) is 0 Å². The molecule has 0 radical (unpaired) electrons. The molecule has 1 aliphatic carbocycles. The number of carbonyl (C=O) groups is 1. The highest BCUT2D eigenvalue weighted by Crippen LogP contribution is 2.52. The minimum atomic E-state index is -0.687. The Kier molecular flexibility index (Phi) is 2.27. The monoisotopic (exact) mass is 243 g/mol. The number of aromatic amines is 1. The third kappa shape index (κ3) is 1.40. The number of aliphatic carboxylic acids is 1. The predicted octanol–water partition coefficient (Wildman–Crippen LogP) is 3.15. The lowest BCUT2D eigenvalue weighted by Crippen LogP contribution is -2.20. The van der Waals surface area contributed by atoms with Gasteiger partial charge in [-0.1, -0.05) is 13.0 Å². The van der Waals surface area contributed by atoms with E-state index >= 15 is 0 Å². The molecule has 0 spiro atoms. The van der Waals surface area contributed by atoms with Crippen molar-refractivity contribution in [2.75, 3.05) is 0 Å². The maximum Gasteiger partial charge on any atom is 0.314 e. The molecule has 0 unspecified atom stereocenters. The Labute approximate surface area is 106 Å². The van der Waals surface area contributed by atoms with Gasteiger partial charge in [0.15, 0.2) is 0 Å². The molecule has 1 aliphatic rings. The molecule has 2 aromatic rings. The quantitative estimate of drug-likeness (QED) is 0.870. The lowest BCUT2D eigenvalue weighted by atomic mass is 9.92.